The molecule has 6 nitrogen and oxygen atoms in total. The van der Waals surface area contributed by atoms with Crippen LogP contribution >= 0.6 is 0 Å². The van der Waals surface area contributed by atoms with Crippen LogP contribution in [-0.2, 0) is 0 Å². The van der Waals surface area contributed by atoms with E-state index in [2.05, 4.69) is 0 Å². The van der Waals surface area contributed by atoms with Crippen LogP contribution in [0.15, 0.2) is 121 Å². The molecule has 0 aliphatic heterocycles. The molecule has 0 aliphatic carbocycles. The van der Waals surface area contributed by atoms with Crippen molar-refractivity contribution >= 4 is 33.5 Å². The van der Waals surface area contributed by atoms with Gasteiger partial charge in [-0.2, -0.15) is 0 Å². The number of carbonyl (C=O) groups is 2. The molecule has 0 saturated carbocycles. The summed E-state index contributed by atoms with van der Waals surface area (Å²) in [5.74, 6) is 0.226. The number of hydrogen-bond acceptors (Lipinski definition) is 6. The van der Waals surface area contributed by atoms with E-state index in [0.717, 1.165) is 32.7 Å². The highest BCUT2D eigenvalue weighted by molar-refractivity contribution is 5.94. The molecule has 0 radical (unpaired) electrons. The fraction of sp³-hybridized carbons (Fsp3) is 0. The first-order valence-corrected chi connectivity index (χ1v) is 12.5. The molecular formula is C34H22O6. The van der Waals surface area contributed by atoms with Crippen molar-refractivity contribution < 1.29 is 29.3 Å². The van der Waals surface area contributed by atoms with Crippen LogP contribution in [-0.4, -0.2) is 22.2 Å². The molecule has 6 heteroatoms. The predicted molar refractivity (Wildman–Crippen MR) is 153 cm³/mol. The van der Waals surface area contributed by atoms with Crippen LogP contribution < -0.4 is 9.47 Å². The van der Waals surface area contributed by atoms with E-state index in [1.54, 1.807) is 97.1 Å². The van der Waals surface area contributed by atoms with Crippen LogP contribution in [0.2, 0.25) is 0 Å². The lowest BCUT2D eigenvalue weighted by molar-refractivity contribution is 0.0725. The van der Waals surface area contributed by atoms with E-state index in [9.17, 15) is 19.8 Å². The second kappa shape index (κ2) is 10.3. The lowest BCUT2D eigenvalue weighted by atomic mass is 10.0. The van der Waals surface area contributed by atoms with Gasteiger partial charge in [0.1, 0.15) is 23.0 Å². The maximum Gasteiger partial charge on any atom is 0.343 e. The number of benzene rings is 6. The third-order valence-corrected chi connectivity index (χ3v) is 6.59. The first kappa shape index (κ1) is 24.7. The summed E-state index contributed by atoms with van der Waals surface area (Å²) in [5.41, 5.74) is 2.56. The quantitative estimate of drug-likeness (QED) is 0.178. The molecule has 0 aliphatic rings. The number of phenols is 2. The van der Waals surface area contributed by atoms with Gasteiger partial charge in [0.2, 0.25) is 0 Å². The molecule has 40 heavy (non-hydrogen) atoms. The van der Waals surface area contributed by atoms with E-state index in [0.29, 0.717) is 22.6 Å². The summed E-state index contributed by atoms with van der Waals surface area (Å²) in [6.45, 7) is 0. The molecule has 0 saturated heterocycles. The van der Waals surface area contributed by atoms with Crippen LogP contribution in [0.5, 0.6) is 23.0 Å². The summed E-state index contributed by atoms with van der Waals surface area (Å²) in [6.07, 6.45) is 0. The van der Waals surface area contributed by atoms with Crippen molar-refractivity contribution in [3.8, 4) is 34.1 Å². The Balaban J connectivity index is 1.11. The minimum Gasteiger partial charge on any atom is -0.508 e. The lowest BCUT2D eigenvalue weighted by Crippen LogP contribution is -2.08. The Bertz CT molecular complexity index is 1750. The van der Waals surface area contributed by atoms with Gasteiger partial charge in [0.15, 0.2) is 0 Å². The number of hydrogen-bond donors (Lipinski definition) is 2. The summed E-state index contributed by atoms with van der Waals surface area (Å²) < 4.78 is 11.1. The number of carbonyl (C=O) groups excluding carboxylic acids is 2. The third-order valence-electron chi connectivity index (χ3n) is 6.59. The Morgan fingerprint density at radius 1 is 0.425 bits per heavy atom. The van der Waals surface area contributed by atoms with Gasteiger partial charge in [0.25, 0.3) is 0 Å². The van der Waals surface area contributed by atoms with Crippen molar-refractivity contribution in [2.75, 3.05) is 0 Å². The van der Waals surface area contributed by atoms with Gasteiger partial charge in [0, 0.05) is 0 Å². The highest BCUT2D eigenvalue weighted by atomic mass is 16.5. The Morgan fingerprint density at radius 3 is 1.18 bits per heavy atom. The average molecular weight is 527 g/mol. The van der Waals surface area contributed by atoms with E-state index < -0.39 is 11.9 Å². The zero-order chi connectivity index (χ0) is 27.6. The molecule has 6 aromatic carbocycles. The topological polar surface area (TPSA) is 93.1 Å². The summed E-state index contributed by atoms with van der Waals surface area (Å²) in [5, 5.41) is 22.6. The molecule has 0 heterocycles. The number of phenolic OH excluding ortho intramolecular Hbond substituents is 2. The summed E-state index contributed by atoms with van der Waals surface area (Å²) in [4.78, 5) is 25.4. The number of aromatic hydroxyl groups is 2. The number of esters is 2. The Kier molecular flexibility index (Phi) is 6.34. The fourth-order valence-corrected chi connectivity index (χ4v) is 4.48. The van der Waals surface area contributed by atoms with E-state index in [4.69, 9.17) is 9.47 Å². The molecule has 6 aromatic rings. The van der Waals surface area contributed by atoms with Crippen molar-refractivity contribution in [1.29, 1.82) is 0 Å². The second-order valence-electron chi connectivity index (χ2n) is 9.32. The second-order valence-corrected chi connectivity index (χ2v) is 9.32. The largest absolute Gasteiger partial charge is 0.508 e. The monoisotopic (exact) mass is 526 g/mol. The molecule has 0 aromatic heterocycles. The fourth-order valence-electron chi connectivity index (χ4n) is 4.48. The van der Waals surface area contributed by atoms with Crippen LogP contribution in [0.3, 0.4) is 0 Å². The normalized spacial score (nSPS) is 10.9. The minimum absolute atomic E-state index is 0.177. The van der Waals surface area contributed by atoms with Gasteiger partial charge >= 0.3 is 11.9 Å². The first-order valence-electron chi connectivity index (χ1n) is 12.5. The molecule has 0 spiro atoms. The lowest BCUT2D eigenvalue weighted by Gasteiger charge is -2.08. The summed E-state index contributed by atoms with van der Waals surface area (Å²) in [6, 6.07) is 34.5. The molecule has 0 fully saturated rings. The van der Waals surface area contributed by atoms with Gasteiger partial charge in [-0.05, 0) is 105 Å². The van der Waals surface area contributed by atoms with Crippen molar-refractivity contribution in [3.63, 3.8) is 0 Å². The molecule has 0 atom stereocenters. The summed E-state index contributed by atoms with van der Waals surface area (Å²) in [7, 11) is 0. The Labute approximate surface area is 229 Å². The maximum absolute atomic E-state index is 12.7. The number of ether oxygens (including phenoxy) is 2. The molecule has 0 amide bonds. The van der Waals surface area contributed by atoms with E-state index in [-0.39, 0.29) is 11.5 Å². The molecule has 0 unspecified atom stereocenters. The molecule has 2 N–H and O–H groups in total. The number of fused-ring (bicyclic) bond motifs is 2. The zero-order valence-corrected chi connectivity index (χ0v) is 21.1. The van der Waals surface area contributed by atoms with Gasteiger partial charge in [-0.1, -0.05) is 48.5 Å². The van der Waals surface area contributed by atoms with E-state index in [1.165, 1.54) is 0 Å². The van der Waals surface area contributed by atoms with Gasteiger partial charge in [0.05, 0.1) is 11.1 Å². The highest BCUT2D eigenvalue weighted by Crippen LogP contribution is 2.27. The SMILES string of the molecule is O=C(Oc1ccc2cc(O)ccc2c1)c1ccc(-c2ccc(C(=O)Oc3ccc4cc(O)ccc4c3)cc2)cc1. The van der Waals surface area contributed by atoms with Gasteiger partial charge in [-0.25, -0.2) is 9.59 Å². The van der Waals surface area contributed by atoms with Crippen LogP contribution in [0, 0.1) is 0 Å². The van der Waals surface area contributed by atoms with Gasteiger partial charge in [-0.3, -0.25) is 0 Å². The van der Waals surface area contributed by atoms with Crippen molar-refractivity contribution in [1.82, 2.24) is 0 Å². The van der Waals surface area contributed by atoms with E-state index in [1.807, 2.05) is 24.3 Å². The van der Waals surface area contributed by atoms with Crippen molar-refractivity contribution in [2.45, 2.75) is 0 Å². The smallest absolute Gasteiger partial charge is 0.343 e. The maximum atomic E-state index is 12.7. The third kappa shape index (κ3) is 5.19. The summed E-state index contributed by atoms with van der Waals surface area (Å²) >= 11 is 0. The average Bonchev–Trinajstić information content (AvgIpc) is 2.97. The zero-order valence-electron chi connectivity index (χ0n) is 21.1. The van der Waals surface area contributed by atoms with E-state index >= 15 is 0 Å². The highest BCUT2D eigenvalue weighted by Gasteiger charge is 2.12. The minimum atomic E-state index is -0.478. The van der Waals surface area contributed by atoms with Gasteiger partial charge in [-0.15, -0.1) is 0 Å². The van der Waals surface area contributed by atoms with Crippen LogP contribution in [0.1, 0.15) is 20.7 Å². The molecule has 0 bridgehead atoms. The van der Waals surface area contributed by atoms with Crippen molar-refractivity contribution in [2.24, 2.45) is 0 Å². The Hall–Kier alpha value is -5.62. The molecular weight excluding hydrogens is 504 g/mol. The van der Waals surface area contributed by atoms with Gasteiger partial charge < -0.3 is 19.7 Å². The number of rotatable bonds is 5. The first-order chi connectivity index (χ1) is 19.4. The molecule has 6 rings (SSSR count). The van der Waals surface area contributed by atoms with Crippen LogP contribution in [0.25, 0.3) is 32.7 Å². The predicted octanol–water partition coefficient (Wildman–Crippen LogP) is 7.51. The van der Waals surface area contributed by atoms with Crippen molar-refractivity contribution in [3.05, 3.63) is 132 Å². The van der Waals surface area contributed by atoms with Crippen LogP contribution in [0.4, 0.5) is 0 Å². The molecule has 194 valence electrons. The standard InChI is InChI=1S/C34H22O6/c35-29-13-9-27-19-31(15-11-25(27)17-29)39-33(37)23-5-1-21(2-6-23)22-3-7-24(8-4-22)34(38)40-32-16-12-26-18-30(36)14-10-28(26)20-32/h1-20,35-36H. The Morgan fingerprint density at radius 2 is 0.775 bits per heavy atom.